The molecule has 0 radical (unpaired) electrons. The number of carbonyl (C=O) groups is 1. The summed E-state index contributed by atoms with van der Waals surface area (Å²) in [5.41, 5.74) is 2.40. The zero-order valence-electron chi connectivity index (χ0n) is 14.4. The van der Waals surface area contributed by atoms with Crippen molar-refractivity contribution in [2.24, 2.45) is 11.8 Å². The van der Waals surface area contributed by atoms with Crippen LogP contribution in [0.5, 0.6) is 0 Å². The maximum atomic E-state index is 12.3. The van der Waals surface area contributed by atoms with E-state index in [0.717, 1.165) is 5.92 Å². The Morgan fingerprint density at radius 2 is 2.00 bits per heavy atom. The molecule has 1 saturated carbocycles. The van der Waals surface area contributed by atoms with Crippen molar-refractivity contribution in [2.45, 2.75) is 65.6 Å². The Balaban J connectivity index is 1.83. The molecule has 1 aromatic rings. The SMILES string of the molecule is Cc1ccccc1CNC(=O)C(C)NC1CCCC(C)C1C. The average molecular weight is 302 g/mol. The van der Waals surface area contributed by atoms with E-state index in [4.69, 9.17) is 0 Å². The van der Waals surface area contributed by atoms with Crippen molar-refractivity contribution in [1.82, 2.24) is 10.6 Å². The van der Waals surface area contributed by atoms with E-state index in [1.165, 1.54) is 30.4 Å². The maximum absolute atomic E-state index is 12.3. The van der Waals surface area contributed by atoms with Gasteiger partial charge in [0.1, 0.15) is 0 Å². The molecule has 1 fully saturated rings. The van der Waals surface area contributed by atoms with Gasteiger partial charge in [0.2, 0.25) is 5.91 Å². The molecule has 1 aliphatic carbocycles. The first kappa shape index (κ1) is 17.0. The van der Waals surface area contributed by atoms with Crippen LogP contribution in [0, 0.1) is 18.8 Å². The summed E-state index contributed by atoms with van der Waals surface area (Å²) < 4.78 is 0. The third-order valence-electron chi connectivity index (χ3n) is 5.28. The van der Waals surface area contributed by atoms with Gasteiger partial charge in [0.15, 0.2) is 0 Å². The lowest BCUT2D eigenvalue weighted by Crippen LogP contribution is -2.50. The largest absolute Gasteiger partial charge is 0.351 e. The Morgan fingerprint density at radius 1 is 1.27 bits per heavy atom. The van der Waals surface area contributed by atoms with Crippen LogP contribution < -0.4 is 10.6 Å². The second-order valence-corrected chi connectivity index (χ2v) is 6.91. The number of aryl methyl sites for hydroxylation is 1. The Labute approximate surface area is 134 Å². The van der Waals surface area contributed by atoms with E-state index in [9.17, 15) is 4.79 Å². The smallest absolute Gasteiger partial charge is 0.237 e. The Hall–Kier alpha value is -1.35. The van der Waals surface area contributed by atoms with Crippen molar-refractivity contribution in [3.63, 3.8) is 0 Å². The summed E-state index contributed by atoms with van der Waals surface area (Å²) in [4.78, 5) is 12.3. The molecule has 0 heterocycles. The summed E-state index contributed by atoms with van der Waals surface area (Å²) in [5, 5.41) is 6.59. The third kappa shape index (κ3) is 4.33. The Kier molecular flexibility index (Phi) is 6.01. The minimum atomic E-state index is -0.137. The highest BCUT2D eigenvalue weighted by atomic mass is 16.2. The fourth-order valence-electron chi connectivity index (χ4n) is 3.36. The van der Waals surface area contributed by atoms with Gasteiger partial charge >= 0.3 is 0 Å². The zero-order valence-corrected chi connectivity index (χ0v) is 14.4. The number of hydrogen-bond acceptors (Lipinski definition) is 2. The number of benzene rings is 1. The van der Waals surface area contributed by atoms with Gasteiger partial charge in [-0.15, -0.1) is 0 Å². The van der Waals surface area contributed by atoms with E-state index in [0.29, 0.717) is 18.5 Å². The molecule has 1 amide bonds. The molecule has 0 saturated heterocycles. The zero-order chi connectivity index (χ0) is 16.1. The van der Waals surface area contributed by atoms with Crippen molar-refractivity contribution in [1.29, 1.82) is 0 Å². The van der Waals surface area contributed by atoms with E-state index in [1.54, 1.807) is 0 Å². The molecule has 1 aliphatic rings. The van der Waals surface area contributed by atoms with Crippen molar-refractivity contribution >= 4 is 5.91 Å². The molecule has 122 valence electrons. The summed E-state index contributed by atoms with van der Waals surface area (Å²) in [6.07, 6.45) is 3.76. The van der Waals surface area contributed by atoms with Crippen LogP contribution in [0.3, 0.4) is 0 Å². The van der Waals surface area contributed by atoms with E-state index in [-0.39, 0.29) is 11.9 Å². The molecule has 4 unspecified atom stereocenters. The fourth-order valence-corrected chi connectivity index (χ4v) is 3.36. The van der Waals surface area contributed by atoms with Gasteiger partial charge in [0.05, 0.1) is 6.04 Å². The average Bonchev–Trinajstić information content (AvgIpc) is 2.50. The Morgan fingerprint density at radius 3 is 2.73 bits per heavy atom. The second kappa shape index (κ2) is 7.77. The highest BCUT2D eigenvalue weighted by Gasteiger charge is 2.29. The van der Waals surface area contributed by atoms with Crippen LogP contribution in [-0.4, -0.2) is 18.0 Å². The Bertz CT molecular complexity index is 500. The quantitative estimate of drug-likeness (QED) is 0.875. The van der Waals surface area contributed by atoms with Crippen LogP contribution in [0.2, 0.25) is 0 Å². The molecule has 0 aromatic heterocycles. The normalized spacial score (nSPS) is 26.5. The van der Waals surface area contributed by atoms with Crippen LogP contribution in [0.25, 0.3) is 0 Å². The van der Waals surface area contributed by atoms with E-state index in [2.05, 4.69) is 43.5 Å². The van der Waals surface area contributed by atoms with Gasteiger partial charge in [-0.25, -0.2) is 0 Å². The third-order valence-corrected chi connectivity index (χ3v) is 5.28. The summed E-state index contributed by atoms with van der Waals surface area (Å²) in [7, 11) is 0. The van der Waals surface area contributed by atoms with Crippen LogP contribution >= 0.6 is 0 Å². The molecule has 1 aromatic carbocycles. The molecule has 2 rings (SSSR count). The lowest BCUT2D eigenvalue weighted by Gasteiger charge is -2.36. The monoisotopic (exact) mass is 302 g/mol. The lowest BCUT2D eigenvalue weighted by atomic mass is 9.78. The first-order valence-corrected chi connectivity index (χ1v) is 8.57. The van der Waals surface area contributed by atoms with Crippen LogP contribution in [0.4, 0.5) is 0 Å². The number of nitrogens with one attached hydrogen (secondary N) is 2. The maximum Gasteiger partial charge on any atom is 0.237 e. The van der Waals surface area contributed by atoms with Gasteiger partial charge in [0, 0.05) is 12.6 Å². The molecule has 3 nitrogen and oxygen atoms in total. The van der Waals surface area contributed by atoms with Crippen molar-refractivity contribution in [2.75, 3.05) is 0 Å². The predicted molar refractivity (Wildman–Crippen MR) is 91.6 cm³/mol. The molecule has 0 aliphatic heterocycles. The molecule has 4 atom stereocenters. The highest BCUT2D eigenvalue weighted by Crippen LogP contribution is 2.29. The number of carbonyl (C=O) groups excluding carboxylic acids is 1. The molecule has 0 bridgehead atoms. The van der Waals surface area contributed by atoms with E-state index >= 15 is 0 Å². The van der Waals surface area contributed by atoms with Crippen molar-refractivity contribution in [3.05, 3.63) is 35.4 Å². The second-order valence-electron chi connectivity index (χ2n) is 6.91. The van der Waals surface area contributed by atoms with Gasteiger partial charge in [-0.05, 0) is 43.2 Å². The first-order valence-electron chi connectivity index (χ1n) is 8.57. The minimum absolute atomic E-state index is 0.0914. The van der Waals surface area contributed by atoms with Gasteiger partial charge < -0.3 is 10.6 Å². The molecule has 2 N–H and O–H groups in total. The van der Waals surface area contributed by atoms with Crippen LogP contribution in [-0.2, 0) is 11.3 Å². The number of hydrogen-bond donors (Lipinski definition) is 2. The first-order chi connectivity index (χ1) is 10.5. The molecule has 3 heteroatoms. The number of rotatable bonds is 5. The van der Waals surface area contributed by atoms with Gasteiger partial charge in [-0.2, -0.15) is 0 Å². The highest BCUT2D eigenvalue weighted by molar-refractivity contribution is 5.81. The van der Waals surface area contributed by atoms with Crippen LogP contribution in [0.15, 0.2) is 24.3 Å². The summed E-state index contributed by atoms with van der Waals surface area (Å²) in [6, 6.07) is 8.51. The van der Waals surface area contributed by atoms with Gasteiger partial charge in [-0.3, -0.25) is 4.79 Å². The van der Waals surface area contributed by atoms with Crippen molar-refractivity contribution < 1.29 is 4.79 Å². The topological polar surface area (TPSA) is 41.1 Å². The fraction of sp³-hybridized carbons (Fsp3) is 0.632. The number of amides is 1. The summed E-state index contributed by atoms with van der Waals surface area (Å²) in [6.45, 7) is 9.28. The van der Waals surface area contributed by atoms with Gasteiger partial charge in [-0.1, -0.05) is 51.0 Å². The standard InChI is InChI=1S/C19H30N2O/c1-13-9-7-11-18(15(13)3)21-16(4)19(22)20-12-17-10-6-5-8-14(17)2/h5-6,8,10,13,15-16,18,21H,7,9,11-12H2,1-4H3,(H,20,22). The summed E-state index contributed by atoms with van der Waals surface area (Å²) in [5.74, 6) is 1.47. The minimum Gasteiger partial charge on any atom is -0.351 e. The van der Waals surface area contributed by atoms with Crippen molar-refractivity contribution in [3.8, 4) is 0 Å². The van der Waals surface area contributed by atoms with E-state index < -0.39 is 0 Å². The van der Waals surface area contributed by atoms with E-state index in [1.807, 2.05) is 19.1 Å². The molecular weight excluding hydrogens is 272 g/mol. The van der Waals surface area contributed by atoms with Crippen LogP contribution in [0.1, 0.15) is 51.2 Å². The molecular formula is C19H30N2O. The predicted octanol–water partition coefficient (Wildman–Crippen LogP) is 3.41. The lowest BCUT2D eigenvalue weighted by molar-refractivity contribution is -0.123. The molecule has 22 heavy (non-hydrogen) atoms. The summed E-state index contributed by atoms with van der Waals surface area (Å²) >= 11 is 0. The molecule has 0 spiro atoms. The van der Waals surface area contributed by atoms with Gasteiger partial charge in [0.25, 0.3) is 0 Å².